The smallest absolute Gasteiger partial charge is 0.136 e. The summed E-state index contributed by atoms with van der Waals surface area (Å²) in [7, 11) is 2.00. The average Bonchev–Trinajstić information content (AvgIpc) is 2.57. The molecule has 1 aliphatic heterocycles. The lowest BCUT2D eigenvalue weighted by atomic mass is 10.2. The molecule has 0 saturated carbocycles. The van der Waals surface area contributed by atoms with E-state index in [9.17, 15) is 0 Å². The zero-order valence-electron chi connectivity index (χ0n) is 9.11. The molecule has 0 fully saturated rings. The number of likely N-dealkylation sites (N-methyl/N-ethyl adjacent to an activating group) is 1. The Morgan fingerprint density at radius 2 is 2.07 bits per heavy atom. The van der Waals surface area contributed by atoms with Crippen LogP contribution in [0.25, 0.3) is 0 Å². The van der Waals surface area contributed by atoms with Gasteiger partial charge >= 0.3 is 0 Å². The molecule has 0 spiro atoms. The quantitative estimate of drug-likeness (QED) is 0.637. The van der Waals surface area contributed by atoms with Crippen LogP contribution in [0.1, 0.15) is 0 Å². The monoisotopic (exact) mass is 200 g/mol. The molecule has 0 amide bonds. The van der Waals surface area contributed by atoms with Gasteiger partial charge in [0.15, 0.2) is 0 Å². The zero-order valence-corrected chi connectivity index (χ0v) is 9.11. The summed E-state index contributed by atoms with van der Waals surface area (Å²) in [5.74, 6) is 0.929. The van der Waals surface area contributed by atoms with E-state index in [0.717, 1.165) is 23.7 Å². The molecule has 1 heterocycles. The second kappa shape index (κ2) is 5.15. The molecule has 0 radical (unpaired) electrons. The van der Waals surface area contributed by atoms with Crippen LogP contribution in [-0.4, -0.2) is 24.3 Å². The summed E-state index contributed by atoms with van der Waals surface area (Å²) in [5, 5.41) is 0. The number of rotatable bonds is 4. The van der Waals surface area contributed by atoms with E-state index in [-0.39, 0.29) is 0 Å². The van der Waals surface area contributed by atoms with Gasteiger partial charge in [-0.2, -0.15) is 0 Å². The van der Waals surface area contributed by atoms with Gasteiger partial charge in [-0.15, -0.1) is 0 Å². The minimum absolute atomic E-state index is 0.809. The van der Waals surface area contributed by atoms with Crippen molar-refractivity contribution in [3.63, 3.8) is 0 Å². The molecule has 15 heavy (non-hydrogen) atoms. The maximum absolute atomic E-state index is 4.49. The Kier molecular flexibility index (Phi) is 3.86. The Hall–Kier alpha value is -1.83. The summed E-state index contributed by atoms with van der Waals surface area (Å²) in [4.78, 5) is 6.57. The lowest BCUT2D eigenvalue weighted by Gasteiger charge is -2.13. The summed E-state index contributed by atoms with van der Waals surface area (Å²) in [6.07, 6.45) is 9.09. The molecular formula is C13H16N2. The molecule has 0 aromatic carbocycles. The highest BCUT2D eigenvalue weighted by molar-refractivity contribution is 6.02. The van der Waals surface area contributed by atoms with Crippen LogP contribution in [0.2, 0.25) is 0 Å². The van der Waals surface area contributed by atoms with Crippen LogP contribution in [0.3, 0.4) is 0 Å². The number of hydrogen-bond donors (Lipinski definition) is 0. The van der Waals surface area contributed by atoms with Crippen molar-refractivity contribution in [2.75, 3.05) is 13.6 Å². The van der Waals surface area contributed by atoms with Crippen molar-refractivity contribution in [3.8, 4) is 0 Å². The van der Waals surface area contributed by atoms with Gasteiger partial charge in [0.1, 0.15) is 5.84 Å². The largest absolute Gasteiger partial charge is 0.353 e. The van der Waals surface area contributed by atoms with Crippen LogP contribution in [0, 0.1) is 0 Å². The molecule has 0 atom stereocenters. The van der Waals surface area contributed by atoms with Crippen LogP contribution >= 0.6 is 0 Å². The number of aliphatic imine (C=N–C) groups is 1. The van der Waals surface area contributed by atoms with E-state index >= 15 is 0 Å². The van der Waals surface area contributed by atoms with Crippen molar-refractivity contribution in [1.29, 1.82) is 0 Å². The SMILES string of the molecule is C=C/C=C1\CN(C)C(C(/C=C)=C/C=C)=N1. The van der Waals surface area contributed by atoms with Crippen LogP contribution in [-0.2, 0) is 0 Å². The van der Waals surface area contributed by atoms with Gasteiger partial charge in [-0.3, -0.25) is 0 Å². The Labute approximate surface area is 91.3 Å². The predicted octanol–water partition coefficient (Wildman–Crippen LogP) is 2.70. The number of nitrogens with zero attached hydrogens (tertiary/aromatic N) is 2. The zero-order chi connectivity index (χ0) is 11.3. The van der Waals surface area contributed by atoms with Crippen LogP contribution in [0.15, 0.2) is 66.4 Å². The van der Waals surface area contributed by atoms with Gasteiger partial charge in [0, 0.05) is 12.6 Å². The first-order chi connectivity index (χ1) is 7.22. The molecule has 0 saturated heterocycles. The van der Waals surface area contributed by atoms with E-state index in [1.165, 1.54) is 0 Å². The van der Waals surface area contributed by atoms with Gasteiger partial charge in [0.25, 0.3) is 0 Å². The van der Waals surface area contributed by atoms with Crippen molar-refractivity contribution in [2.24, 2.45) is 4.99 Å². The topological polar surface area (TPSA) is 15.6 Å². The summed E-state index contributed by atoms with van der Waals surface area (Å²) in [6, 6.07) is 0. The normalized spacial score (nSPS) is 19.0. The molecule has 0 aromatic rings. The van der Waals surface area contributed by atoms with Crippen molar-refractivity contribution in [2.45, 2.75) is 0 Å². The Balaban J connectivity index is 3.03. The van der Waals surface area contributed by atoms with Gasteiger partial charge in [-0.1, -0.05) is 44.0 Å². The highest BCUT2D eigenvalue weighted by Gasteiger charge is 2.17. The van der Waals surface area contributed by atoms with Crippen molar-refractivity contribution in [1.82, 2.24) is 4.90 Å². The minimum Gasteiger partial charge on any atom is -0.353 e. The average molecular weight is 200 g/mol. The van der Waals surface area contributed by atoms with E-state index in [2.05, 4.69) is 29.6 Å². The second-order valence-corrected chi connectivity index (χ2v) is 3.25. The fraction of sp³-hybridized carbons (Fsp3) is 0.154. The van der Waals surface area contributed by atoms with Crippen molar-refractivity contribution >= 4 is 5.84 Å². The van der Waals surface area contributed by atoms with E-state index in [1.54, 1.807) is 18.2 Å². The predicted molar refractivity (Wildman–Crippen MR) is 66.8 cm³/mol. The Bertz CT molecular complexity index is 370. The van der Waals surface area contributed by atoms with Crippen LogP contribution in [0.5, 0.6) is 0 Å². The second-order valence-electron chi connectivity index (χ2n) is 3.25. The standard InChI is InChI=1S/C13H16N2/c1-5-8-11(7-3)13-14-12(9-6-2)10-15(13)4/h5-9H,1-3,10H2,4H3/b11-8+,12-9+. The Morgan fingerprint density at radius 3 is 2.60 bits per heavy atom. The van der Waals surface area contributed by atoms with Gasteiger partial charge in [0.05, 0.1) is 12.2 Å². The van der Waals surface area contributed by atoms with Gasteiger partial charge in [0.2, 0.25) is 0 Å². The molecule has 0 bridgehead atoms. The van der Waals surface area contributed by atoms with Gasteiger partial charge in [-0.05, 0) is 6.08 Å². The molecule has 0 unspecified atom stereocenters. The number of allylic oxidation sites excluding steroid dienone is 4. The molecule has 0 aromatic heterocycles. The molecule has 2 heteroatoms. The van der Waals surface area contributed by atoms with E-state index < -0.39 is 0 Å². The summed E-state index contributed by atoms with van der Waals surface area (Å²) >= 11 is 0. The van der Waals surface area contributed by atoms with E-state index in [0.29, 0.717) is 0 Å². The van der Waals surface area contributed by atoms with Crippen LogP contribution < -0.4 is 0 Å². The first-order valence-electron chi connectivity index (χ1n) is 4.80. The maximum atomic E-state index is 4.49. The lowest BCUT2D eigenvalue weighted by Crippen LogP contribution is -2.23. The third-order valence-corrected chi connectivity index (χ3v) is 2.10. The maximum Gasteiger partial charge on any atom is 0.136 e. The lowest BCUT2D eigenvalue weighted by molar-refractivity contribution is 0.578. The minimum atomic E-state index is 0.809. The van der Waals surface area contributed by atoms with Gasteiger partial charge < -0.3 is 4.90 Å². The molecule has 78 valence electrons. The molecular weight excluding hydrogens is 184 g/mol. The molecule has 1 rings (SSSR count). The molecule has 2 nitrogen and oxygen atoms in total. The molecule has 1 aliphatic rings. The fourth-order valence-electron chi connectivity index (χ4n) is 1.45. The van der Waals surface area contributed by atoms with E-state index in [1.807, 2.05) is 19.2 Å². The third-order valence-electron chi connectivity index (χ3n) is 2.10. The Morgan fingerprint density at radius 1 is 1.33 bits per heavy atom. The highest BCUT2D eigenvalue weighted by Crippen LogP contribution is 2.16. The number of amidine groups is 1. The summed E-state index contributed by atoms with van der Waals surface area (Å²) in [6.45, 7) is 11.9. The van der Waals surface area contributed by atoms with Crippen molar-refractivity contribution < 1.29 is 0 Å². The molecule has 0 aliphatic carbocycles. The first kappa shape index (κ1) is 11.2. The van der Waals surface area contributed by atoms with Crippen molar-refractivity contribution in [3.05, 3.63) is 61.4 Å². The summed E-state index contributed by atoms with van der Waals surface area (Å²) < 4.78 is 0. The number of hydrogen-bond acceptors (Lipinski definition) is 2. The highest BCUT2D eigenvalue weighted by atomic mass is 15.2. The summed E-state index contributed by atoms with van der Waals surface area (Å²) in [5.41, 5.74) is 2.00. The fourth-order valence-corrected chi connectivity index (χ4v) is 1.45. The van der Waals surface area contributed by atoms with Gasteiger partial charge in [-0.25, -0.2) is 4.99 Å². The molecule has 0 N–H and O–H groups in total. The first-order valence-corrected chi connectivity index (χ1v) is 4.80. The van der Waals surface area contributed by atoms with Crippen LogP contribution in [0.4, 0.5) is 0 Å². The third kappa shape index (κ3) is 2.56. The van der Waals surface area contributed by atoms with E-state index in [4.69, 9.17) is 0 Å².